The average Bonchev–Trinajstić information content (AvgIpc) is 2.98. The van der Waals surface area contributed by atoms with Crippen LogP contribution in [0, 0.1) is 27.9 Å². The first kappa shape index (κ1) is 12.5. The molecule has 0 heterocycles. The highest BCUT2D eigenvalue weighted by molar-refractivity contribution is 6.32. The van der Waals surface area contributed by atoms with Crippen molar-refractivity contribution < 1.29 is 4.92 Å². The first-order valence-electron chi connectivity index (χ1n) is 6.49. The van der Waals surface area contributed by atoms with Crippen molar-refractivity contribution in [3.05, 3.63) is 45.5 Å². The molecule has 0 amide bonds. The van der Waals surface area contributed by atoms with E-state index in [1.165, 1.54) is 18.9 Å². The lowest BCUT2D eigenvalue weighted by molar-refractivity contribution is -0.384. The van der Waals surface area contributed by atoms with Crippen LogP contribution >= 0.6 is 11.6 Å². The zero-order valence-electron chi connectivity index (χ0n) is 10.4. The minimum absolute atomic E-state index is 0.0462. The Morgan fingerprint density at radius 2 is 2.21 bits per heavy atom. The summed E-state index contributed by atoms with van der Waals surface area (Å²) in [5.74, 6) is 2.13. The number of hydrogen-bond donors (Lipinski definition) is 1. The van der Waals surface area contributed by atoms with Gasteiger partial charge in [-0.25, -0.2) is 0 Å². The molecule has 4 nitrogen and oxygen atoms in total. The van der Waals surface area contributed by atoms with Gasteiger partial charge in [-0.15, -0.1) is 0 Å². The molecule has 3 unspecified atom stereocenters. The first-order chi connectivity index (χ1) is 9.13. The largest absolute Gasteiger partial charge is 0.385 e. The number of allylic oxidation sites excluding steroid dienone is 2. The summed E-state index contributed by atoms with van der Waals surface area (Å²) in [6.45, 7) is 0.902. The molecule has 1 saturated carbocycles. The third-order valence-electron chi connectivity index (χ3n) is 4.13. The van der Waals surface area contributed by atoms with Crippen molar-refractivity contribution in [1.82, 2.24) is 0 Å². The van der Waals surface area contributed by atoms with Crippen LogP contribution in [0.25, 0.3) is 0 Å². The van der Waals surface area contributed by atoms with Crippen LogP contribution in [0.3, 0.4) is 0 Å². The molecular weight excluding hydrogens is 264 g/mol. The number of halogens is 1. The maximum Gasteiger partial charge on any atom is 0.288 e. The van der Waals surface area contributed by atoms with Crippen molar-refractivity contribution in [2.75, 3.05) is 11.9 Å². The van der Waals surface area contributed by atoms with Crippen molar-refractivity contribution in [3.8, 4) is 0 Å². The van der Waals surface area contributed by atoms with Gasteiger partial charge in [0, 0.05) is 18.3 Å². The quantitative estimate of drug-likeness (QED) is 0.517. The topological polar surface area (TPSA) is 55.2 Å². The van der Waals surface area contributed by atoms with Gasteiger partial charge in [0.25, 0.3) is 5.69 Å². The summed E-state index contributed by atoms with van der Waals surface area (Å²) in [5, 5.41) is 14.2. The average molecular weight is 279 g/mol. The highest BCUT2D eigenvalue weighted by atomic mass is 35.5. The molecule has 0 aliphatic heterocycles. The summed E-state index contributed by atoms with van der Waals surface area (Å²) < 4.78 is 0. The summed E-state index contributed by atoms with van der Waals surface area (Å²) in [4.78, 5) is 10.2. The van der Waals surface area contributed by atoms with E-state index >= 15 is 0 Å². The molecule has 3 rings (SSSR count). The second-order valence-corrected chi connectivity index (χ2v) is 5.75. The number of nitrogens with zero attached hydrogens (tertiary/aromatic N) is 1. The molecule has 2 aliphatic carbocycles. The predicted molar refractivity (Wildman–Crippen MR) is 75.4 cm³/mol. The minimum atomic E-state index is -0.465. The second-order valence-electron chi connectivity index (χ2n) is 5.34. The molecule has 3 atom stereocenters. The molecule has 1 N–H and O–H groups in total. The van der Waals surface area contributed by atoms with Gasteiger partial charge in [-0.1, -0.05) is 23.8 Å². The predicted octanol–water partition coefficient (Wildman–Crippen LogP) is 3.87. The zero-order chi connectivity index (χ0) is 13.4. The van der Waals surface area contributed by atoms with Gasteiger partial charge in [-0.05, 0) is 42.7 Å². The molecule has 0 spiro atoms. The molecule has 19 heavy (non-hydrogen) atoms. The highest BCUT2D eigenvalue weighted by Crippen LogP contribution is 2.43. The summed E-state index contributed by atoms with van der Waals surface area (Å²) in [5.41, 5.74) is 0.803. The number of fused-ring (bicyclic) bond motifs is 2. The monoisotopic (exact) mass is 278 g/mol. The van der Waals surface area contributed by atoms with E-state index in [4.69, 9.17) is 11.6 Å². The lowest BCUT2D eigenvalue weighted by atomic mass is 9.93. The number of anilines is 1. The number of benzene rings is 1. The summed E-state index contributed by atoms with van der Waals surface area (Å²) in [6, 6.07) is 4.79. The fraction of sp³-hybridized carbons (Fsp3) is 0.429. The van der Waals surface area contributed by atoms with Crippen LogP contribution in [0.2, 0.25) is 5.02 Å². The van der Waals surface area contributed by atoms with E-state index in [1.807, 2.05) is 0 Å². The van der Waals surface area contributed by atoms with Crippen LogP contribution < -0.4 is 5.32 Å². The van der Waals surface area contributed by atoms with Gasteiger partial charge in [-0.2, -0.15) is 0 Å². The Bertz CT molecular complexity index is 544. The Kier molecular flexibility index (Phi) is 3.19. The number of hydrogen-bond acceptors (Lipinski definition) is 3. The smallest absolute Gasteiger partial charge is 0.288 e. The van der Waals surface area contributed by atoms with Crippen LogP contribution in [0.5, 0.6) is 0 Å². The van der Waals surface area contributed by atoms with Crippen molar-refractivity contribution in [2.24, 2.45) is 17.8 Å². The first-order valence-corrected chi connectivity index (χ1v) is 6.87. The van der Waals surface area contributed by atoms with E-state index in [1.54, 1.807) is 12.1 Å². The molecule has 0 radical (unpaired) electrons. The normalized spacial score (nSPS) is 27.7. The van der Waals surface area contributed by atoms with Crippen molar-refractivity contribution >= 4 is 23.0 Å². The molecule has 1 aromatic rings. The fourth-order valence-corrected chi connectivity index (χ4v) is 3.39. The van der Waals surface area contributed by atoms with Crippen LogP contribution in [-0.2, 0) is 0 Å². The Labute approximate surface area is 116 Å². The molecule has 2 aliphatic rings. The van der Waals surface area contributed by atoms with Crippen molar-refractivity contribution in [1.29, 1.82) is 0 Å². The van der Waals surface area contributed by atoms with Crippen LogP contribution in [0.4, 0.5) is 11.4 Å². The van der Waals surface area contributed by atoms with Crippen LogP contribution in [0.1, 0.15) is 12.8 Å². The number of rotatable bonds is 4. The van der Waals surface area contributed by atoms with Crippen molar-refractivity contribution in [3.63, 3.8) is 0 Å². The lowest BCUT2D eigenvalue weighted by Crippen LogP contribution is -2.18. The van der Waals surface area contributed by atoms with E-state index in [0.29, 0.717) is 11.8 Å². The highest BCUT2D eigenvalue weighted by Gasteiger charge is 2.35. The number of nitrogens with one attached hydrogen (secondary N) is 1. The molecule has 1 fully saturated rings. The number of nitro groups is 1. The Morgan fingerprint density at radius 1 is 1.37 bits per heavy atom. The molecule has 100 valence electrons. The molecular formula is C14H15ClN2O2. The molecule has 0 saturated heterocycles. The van der Waals surface area contributed by atoms with Gasteiger partial charge in [-0.3, -0.25) is 10.1 Å². The van der Waals surface area contributed by atoms with Gasteiger partial charge in [0.05, 0.1) is 4.92 Å². The van der Waals surface area contributed by atoms with E-state index in [2.05, 4.69) is 17.5 Å². The summed E-state index contributed by atoms with van der Waals surface area (Å²) >= 11 is 5.89. The Morgan fingerprint density at radius 3 is 2.79 bits per heavy atom. The van der Waals surface area contributed by atoms with Gasteiger partial charge >= 0.3 is 0 Å². The van der Waals surface area contributed by atoms with E-state index in [0.717, 1.165) is 18.2 Å². The third-order valence-corrected chi connectivity index (χ3v) is 4.43. The molecule has 2 bridgehead atoms. The van der Waals surface area contributed by atoms with Gasteiger partial charge < -0.3 is 5.32 Å². The second kappa shape index (κ2) is 4.85. The zero-order valence-corrected chi connectivity index (χ0v) is 11.1. The van der Waals surface area contributed by atoms with E-state index in [9.17, 15) is 10.1 Å². The molecule has 1 aromatic carbocycles. The van der Waals surface area contributed by atoms with E-state index in [-0.39, 0.29) is 10.7 Å². The van der Waals surface area contributed by atoms with Crippen LogP contribution in [0.15, 0.2) is 30.4 Å². The third kappa shape index (κ3) is 2.45. The van der Waals surface area contributed by atoms with Gasteiger partial charge in [0.2, 0.25) is 0 Å². The fourth-order valence-electron chi connectivity index (χ4n) is 3.14. The van der Waals surface area contributed by atoms with Crippen LogP contribution in [-0.4, -0.2) is 11.5 Å². The standard InChI is InChI=1S/C14H15ClN2O2/c15-13-7-12(3-4-14(13)17(18)19)16-8-11-6-9-1-2-10(11)5-9/h1-4,7,9-11,16H,5-6,8H2. The maximum atomic E-state index is 10.7. The summed E-state index contributed by atoms with van der Waals surface area (Å²) in [7, 11) is 0. The van der Waals surface area contributed by atoms with Crippen molar-refractivity contribution in [2.45, 2.75) is 12.8 Å². The van der Waals surface area contributed by atoms with E-state index < -0.39 is 4.92 Å². The molecule has 0 aromatic heterocycles. The minimum Gasteiger partial charge on any atom is -0.385 e. The maximum absolute atomic E-state index is 10.7. The Hall–Kier alpha value is -1.55. The Balaban J connectivity index is 1.63. The van der Waals surface area contributed by atoms with Gasteiger partial charge in [0.15, 0.2) is 0 Å². The SMILES string of the molecule is O=[N+]([O-])c1ccc(NCC2CC3C=CC2C3)cc1Cl. The number of nitro benzene ring substituents is 1. The summed E-state index contributed by atoms with van der Waals surface area (Å²) in [6.07, 6.45) is 7.18. The molecule has 5 heteroatoms. The lowest BCUT2D eigenvalue weighted by Gasteiger charge is -2.19. The van der Waals surface area contributed by atoms with Gasteiger partial charge in [0.1, 0.15) is 5.02 Å².